The zero-order valence-electron chi connectivity index (χ0n) is 20.9. The Morgan fingerprint density at radius 2 is 1.89 bits per heavy atom. The zero-order valence-corrected chi connectivity index (χ0v) is 20.9. The molecule has 0 radical (unpaired) electrons. The molecule has 9 heteroatoms. The standard InChI is InChI=1S/C28H32F3N3O3/c1-37-23-4-5-26-25(16-23)24(19(17-29)18-33-26)3-2-6-28(27(35)36)7-10-34(11-8-28)12-9-32-22-14-20(30)13-21(31)15-22/h4-5,13-16,18,32H,2-3,6-12,17H2,1H3,(H,35,36). The van der Waals surface area contributed by atoms with Crippen LogP contribution in [0.2, 0.25) is 0 Å². The van der Waals surface area contributed by atoms with Crippen LogP contribution in [0.4, 0.5) is 18.9 Å². The first-order valence-corrected chi connectivity index (χ1v) is 12.5. The number of benzene rings is 2. The zero-order chi connectivity index (χ0) is 26.4. The second-order valence-corrected chi connectivity index (χ2v) is 9.64. The Kier molecular flexibility index (Phi) is 8.53. The Labute approximate surface area is 214 Å². The van der Waals surface area contributed by atoms with Crippen LogP contribution in [-0.2, 0) is 17.9 Å². The van der Waals surface area contributed by atoms with Crippen molar-refractivity contribution in [3.8, 4) is 5.75 Å². The molecule has 4 rings (SSSR count). The number of anilines is 1. The lowest BCUT2D eigenvalue weighted by Gasteiger charge is -2.39. The smallest absolute Gasteiger partial charge is 0.309 e. The van der Waals surface area contributed by atoms with E-state index in [4.69, 9.17) is 4.74 Å². The van der Waals surface area contributed by atoms with Gasteiger partial charge in [-0.05, 0) is 81.1 Å². The summed E-state index contributed by atoms with van der Waals surface area (Å²) in [5, 5.41) is 14.0. The summed E-state index contributed by atoms with van der Waals surface area (Å²) in [6.45, 7) is 1.74. The van der Waals surface area contributed by atoms with E-state index in [1.54, 1.807) is 13.3 Å². The predicted molar refractivity (Wildman–Crippen MR) is 137 cm³/mol. The Balaban J connectivity index is 1.35. The summed E-state index contributed by atoms with van der Waals surface area (Å²) in [5.41, 5.74) is 1.67. The second kappa shape index (κ2) is 11.8. The van der Waals surface area contributed by atoms with Crippen molar-refractivity contribution in [2.24, 2.45) is 5.41 Å². The molecule has 0 amide bonds. The van der Waals surface area contributed by atoms with E-state index in [0.29, 0.717) is 75.3 Å². The van der Waals surface area contributed by atoms with Gasteiger partial charge in [0.2, 0.25) is 0 Å². The third kappa shape index (κ3) is 6.33. The molecule has 6 nitrogen and oxygen atoms in total. The largest absolute Gasteiger partial charge is 0.497 e. The third-order valence-corrected chi connectivity index (χ3v) is 7.39. The molecule has 198 valence electrons. The Hall–Kier alpha value is -3.33. The molecule has 1 saturated heterocycles. The lowest BCUT2D eigenvalue weighted by Crippen LogP contribution is -2.45. The summed E-state index contributed by atoms with van der Waals surface area (Å²) in [4.78, 5) is 18.8. The predicted octanol–water partition coefficient (Wildman–Crippen LogP) is 5.59. The molecule has 3 aromatic rings. The number of pyridine rings is 1. The van der Waals surface area contributed by atoms with E-state index in [0.717, 1.165) is 22.5 Å². The van der Waals surface area contributed by atoms with Crippen molar-refractivity contribution in [3.05, 3.63) is 65.4 Å². The number of methoxy groups -OCH3 is 1. The number of likely N-dealkylation sites (tertiary alicyclic amines) is 1. The Morgan fingerprint density at radius 3 is 2.54 bits per heavy atom. The lowest BCUT2D eigenvalue weighted by atomic mass is 9.74. The van der Waals surface area contributed by atoms with Crippen LogP contribution in [0, 0.1) is 17.0 Å². The number of rotatable bonds is 11. The van der Waals surface area contributed by atoms with E-state index in [9.17, 15) is 23.1 Å². The van der Waals surface area contributed by atoms with Gasteiger partial charge in [-0.15, -0.1) is 0 Å². The lowest BCUT2D eigenvalue weighted by molar-refractivity contribution is -0.152. The minimum absolute atomic E-state index is 0.378. The highest BCUT2D eigenvalue weighted by atomic mass is 19.1. The molecular weight excluding hydrogens is 483 g/mol. The van der Waals surface area contributed by atoms with E-state index < -0.39 is 29.7 Å². The quantitative estimate of drug-likeness (QED) is 0.347. The van der Waals surface area contributed by atoms with E-state index in [-0.39, 0.29) is 0 Å². The number of hydrogen-bond acceptors (Lipinski definition) is 5. The molecule has 1 aromatic heterocycles. The van der Waals surface area contributed by atoms with Crippen molar-refractivity contribution in [1.82, 2.24) is 9.88 Å². The van der Waals surface area contributed by atoms with Crippen molar-refractivity contribution < 1.29 is 27.8 Å². The maximum Gasteiger partial charge on any atom is 0.309 e. The number of carbonyl (C=O) groups is 1. The van der Waals surface area contributed by atoms with Crippen LogP contribution in [0.25, 0.3) is 10.9 Å². The van der Waals surface area contributed by atoms with Gasteiger partial charge < -0.3 is 20.1 Å². The van der Waals surface area contributed by atoms with Crippen LogP contribution in [0.1, 0.15) is 36.8 Å². The number of nitrogens with one attached hydrogen (secondary N) is 1. The molecule has 0 aliphatic carbocycles. The highest BCUT2D eigenvalue weighted by Crippen LogP contribution is 2.38. The van der Waals surface area contributed by atoms with Gasteiger partial charge in [-0.2, -0.15) is 0 Å². The number of ether oxygens (including phenoxy) is 1. The number of carboxylic acid groups (broad SMARTS) is 1. The number of alkyl halides is 1. The first-order chi connectivity index (χ1) is 17.8. The van der Waals surface area contributed by atoms with Gasteiger partial charge in [0.25, 0.3) is 0 Å². The molecule has 0 atom stereocenters. The monoisotopic (exact) mass is 515 g/mol. The number of halogens is 3. The number of nitrogens with zero attached hydrogens (tertiary/aromatic N) is 2. The van der Waals surface area contributed by atoms with Crippen molar-refractivity contribution in [1.29, 1.82) is 0 Å². The number of hydrogen-bond donors (Lipinski definition) is 2. The van der Waals surface area contributed by atoms with E-state index in [1.165, 1.54) is 12.1 Å². The number of piperidine rings is 1. The molecule has 1 fully saturated rings. The Bertz CT molecular complexity index is 1220. The molecule has 37 heavy (non-hydrogen) atoms. The summed E-state index contributed by atoms with van der Waals surface area (Å²) < 4.78 is 45.8. The summed E-state index contributed by atoms with van der Waals surface area (Å²) in [5.74, 6) is -1.40. The summed E-state index contributed by atoms with van der Waals surface area (Å²) in [7, 11) is 1.58. The fourth-order valence-electron chi connectivity index (χ4n) is 5.20. The SMILES string of the molecule is COc1ccc2ncc(CF)c(CCCC3(C(=O)O)CCN(CCNc4cc(F)cc(F)c4)CC3)c2c1. The normalized spacial score (nSPS) is 15.6. The Morgan fingerprint density at radius 1 is 1.16 bits per heavy atom. The van der Waals surface area contributed by atoms with E-state index in [2.05, 4.69) is 15.2 Å². The van der Waals surface area contributed by atoms with Gasteiger partial charge in [-0.25, -0.2) is 13.2 Å². The molecular formula is C28H32F3N3O3. The maximum absolute atomic E-state index is 13.8. The van der Waals surface area contributed by atoms with Gasteiger partial charge in [-0.3, -0.25) is 9.78 Å². The van der Waals surface area contributed by atoms with Crippen LogP contribution >= 0.6 is 0 Å². The number of fused-ring (bicyclic) bond motifs is 1. The molecule has 2 aromatic carbocycles. The molecule has 2 N–H and O–H groups in total. The fourth-order valence-corrected chi connectivity index (χ4v) is 5.20. The number of aryl methyl sites for hydroxylation is 1. The minimum atomic E-state index is -0.827. The highest BCUT2D eigenvalue weighted by Gasteiger charge is 2.40. The van der Waals surface area contributed by atoms with Gasteiger partial charge in [0, 0.05) is 42.0 Å². The first kappa shape index (κ1) is 26.7. The molecule has 1 aliphatic rings. The highest BCUT2D eigenvalue weighted by molar-refractivity contribution is 5.84. The van der Waals surface area contributed by atoms with Gasteiger partial charge in [0.1, 0.15) is 24.1 Å². The van der Waals surface area contributed by atoms with Gasteiger partial charge in [0.05, 0.1) is 18.0 Å². The summed E-state index contributed by atoms with van der Waals surface area (Å²) in [6, 6.07) is 8.82. The number of aromatic nitrogens is 1. The molecule has 0 bridgehead atoms. The number of aliphatic carboxylic acids is 1. The fraction of sp³-hybridized carbons (Fsp3) is 0.429. The molecule has 0 saturated carbocycles. The summed E-state index contributed by atoms with van der Waals surface area (Å²) >= 11 is 0. The average molecular weight is 516 g/mol. The van der Waals surface area contributed by atoms with Crippen LogP contribution in [0.3, 0.4) is 0 Å². The molecule has 2 heterocycles. The molecule has 1 aliphatic heterocycles. The van der Waals surface area contributed by atoms with E-state index >= 15 is 0 Å². The van der Waals surface area contributed by atoms with Crippen molar-refractivity contribution in [3.63, 3.8) is 0 Å². The second-order valence-electron chi connectivity index (χ2n) is 9.64. The molecule has 0 unspecified atom stereocenters. The van der Waals surface area contributed by atoms with Crippen molar-refractivity contribution in [2.75, 3.05) is 38.6 Å². The van der Waals surface area contributed by atoms with Crippen LogP contribution < -0.4 is 10.1 Å². The van der Waals surface area contributed by atoms with Gasteiger partial charge in [-0.1, -0.05) is 0 Å². The number of carboxylic acids is 1. The van der Waals surface area contributed by atoms with Crippen LogP contribution in [-0.4, -0.2) is 54.2 Å². The molecule has 0 spiro atoms. The van der Waals surface area contributed by atoms with Crippen LogP contribution in [0.5, 0.6) is 5.75 Å². The van der Waals surface area contributed by atoms with Gasteiger partial charge >= 0.3 is 5.97 Å². The topological polar surface area (TPSA) is 74.7 Å². The third-order valence-electron chi connectivity index (χ3n) is 7.39. The van der Waals surface area contributed by atoms with Crippen LogP contribution in [0.15, 0.2) is 42.6 Å². The average Bonchev–Trinajstić information content (AvgIpc) is 2.88. The summed E-state index contributed by atoms with van der Waals surface area (Å²) in [6.07, 6.45) is 4.24. The van der Waals surface area contributed by atoms with Gasteiger partial charge in [0.15, 0.2) is 0 Å². The maximum atomic E-state index is 13.8. The van der Waals surface area contributed by atoms with Crippen molar-refractivity contribution in [2.45, 2.75) is 38.8 Å². The first-order valence-electron chi connectivity index (χ1n) is 12.5. The van der Waals surface area contributed by atoms with Crippen molar-refractivity contribution >= 4 is 22.6 Å². The minimum Gasteiger partial charge on any atom is -0.497 e. The van der Waals surface area contributed by atoms with E-state index in [1.807, 2.05) is 18.2 Å².